The number of halogens is 1. The number of carbonyl (C=O) groups is 5. The van der Waals surface area contributed by atoms with E-state index in [-0.39, 0.29) is 42.3 Å². The largest absolute Gasteiger partial charge is 0.330 e. The van der Waals surface area contributed by atoms with Crippen LogP contribution in [0.2, 0.25) is 0 Å². The first-order chi connectivity index (χ1) is 14.4. The zero-order chi connectivity index (χ0) is 21.7. The molecule has 2 heterocycles. The van der Waals surface area contributed by atoms with Gasteiger partial charge < -0.3 is 11.1 Å². The Morgan fingerprint density at radius 1 is 1.03 bits per heavy atom. The molecule has 1 saturated heterocycles. The number of anilines is 1. The summed E-state index contributed by atoms with van der Waals surface area (Å²) in [6.07, 6.45) is 5.34. The Hall–Kier alpha value is -2.78. The van der Waals surface area contributed by atoms with Gasteiger partial charge in [-0.1, -0.05) is 19.3 Å². The molecule has 0 spiro atoms. The van der Waals surface area contributed by atoms with Crippen molar-refractivity contribution in [3.63, 3.8) is 0 Å². The van der Waals surface area contributed by atoms with E-state index in [1.165, 1.54) is 12.1 Å². The Labute approximate surface area is 186 Å². The van der Waals surface area contributed by atoms with E-state index < -0.39 is 29.7 Å². The van der Waals surface area contributed by atoms with E-state index in [2.05, 4.69) is 10.6 Å². The lowest BCUT2D eigenvalue weighted by Gasteiger charge is -2.27. The highest BCUT2D eigenvalue weighted by Gasteiger charge is 2.44. The van der Waals surface area contributed by atoms with Crippen LogP contribution >= 0.6 is 12.4 Å². The van der Waals surface area contributed by atoms with Gasteiger partial charge in [0.05, 0.1) is 11.1 Å². The van der Waals surface area contributed by atoms with E-state index in [4.69, 9.17) is 5.73 Å². The van der Waals surface area contributed by atoms with Gasteiger partial charge in [-0.05, 0) is 44.0 Å². The van der Waals surface area contributed by atoms with E-state index in [0.717, 1.165) is 37.0 Å². The van der Waals surface area contributed by atoms with Gasteiger partial charge >= 0.3 is 0 Å². The normalized spacial score (nSPS) is 17.8. The van der Waals surface area contributed by atoms with Gasteiger partial charge in [0.1, 0.15) is 6.04 Å². The van der Waals surface area contributed by atoms with Crippen molar-refractivity contribution in [3.05, 3.63) is 29.3 Å². The van der Waals surface area contributed by atoms with Gasteiger partial charge in [0.15, 0.2) is 0 Å². The molecule has 10 heteroatoms. The van der Waals surface area contributed by atoms with E-state index in [0.29, 0.717) is 18.7 Å². The maximum atomic E-state index is 12.8. The summed E-state index contributed by atoms with van der Waals surface area (Å²) in [5.41, 5.74) is 6.20. The average Bonchev–Trinajstić information content (AvgIpc) is 2.95. The summed E-state index contributed by atoms with van der Waals surface area (Å²) in [6.45, 7) is 0.682. The molecule has 4 N–H and O–H groups in total. The number of rotatable bonds is 9. The molecule has 1 aromatic carbocycles. The Morgan fingerprint density at radius 3 is 2.42 bits per heavy atom. The van der Waals surface area contributed by atoms with Gasteiger partial charge in [-0.25, -0.2) is 0 Å². The van der Waals surface area contributed by atoms with Crippen molar-refractivity contribution >= 4 is 47.6 Å². The van der Waals surface area contributed by atoms with Crippen LogP contribution in [0.25, 0.3) is 0 Å². The molecule has 1 aromatic rings. The maximum absolute atomic E-state index is 12.8. The molecule has 1 fully saturated rings. The summed E-state index contributed by atoms with van der Waals surface area (Å²) in [4.78, 5) is 61.9. The Morgan fingerprint density at radius 2 is 1.71 bits per heavy atom. The van der Waals surface area contributed by atoms with E-state index in [1.807, 2.05) is 0 Å². The molecule has 9 nitrogen and oxygen atoms in total. The maximum Gasteiger partial charge on any atom is 0.262 e. The number of nitrogens with one attached hydrogen (secondary N) is 2. The van der Waals surface area contributed by atoms with Crippen molar-refractivity contribution in [2.24, 2.45) is 5.73 Å². The summed E-state index contributed by atoms with van der Waals surface area (Å²) in [7, 11) is 0. The zero-order valence-electron chi connectivity index (χ0n) is 17.1. The second-order valence-corrected chi connectivity index (χ2v) is 7.56. The van der Waals surface area contributed by atoms with Gasteiger partial charge in [-0.3, -0.25) is 34.2 Å². The first kappa shape index (κ1) is 24.5. The molecule has 0 radical (unpaired) electrons. The SMILES string of the molecule is Cl.NCCCCCCCC(=O)Nc1ccc2c(c1)C(=O)N(C1CCC(=O)NC1=O)C2=O. The van der Waals surface area contributed by atoms with Crippen LogP contribution in [0.4, 0.5) is 5.69 Å². The van der Waals surface area contributed by atoms with Gasteiger partial charge in [-0.2, -0.15) is 0 Å². The number of fused-ring (bicyclic) bond motifs is 1. The number of nitrogens with two attached hydrogens (primary N) is 1. The van der Waals surface area contributed by atoms with Crippen LogP contribution < -0.4 is 16.4 Å². The van der Waals surface area contributed by atoms with Gasteiger partial charge in [0, 0.05) is 18.5 Å². The third-order valence-corrected chi connectivity index (χ3v) is 5.33. The minimum atomic E-state index is -1.01. The van der Waals surface area contributed by atoms with Crippen LogP contribution in [0.15, 0.2) is 18.2 Å². The number of amides is 5. The lowest BCUT2D eigenvalue weighted by molar-refractivity contribution is -0.136. The smallest absolute Gasteiger partial charge is 0.262 e. The number of carbonyl (C=O) groups excluding carboxylic acids is 5. The monoisotopic (exact) mass is 450 g/mol. The topological polar surface area (TPSA) is 139 Å². The van der Waals surface area contributed by atoms with E-state index in [9.17, 15) is 24.0 Å². The summed E-state index contributed by atoms with van der Waals surface area (Å²) >= 11 is 0. The molecule has 2 aliphatic heterocycles. The third kappa shape index (κ3) is 5.68. The molecule has 3 rings (SSSR count). The summed E-state index contributed by atoms with van der Waals surface area (Å²) < 4.78 is 0. The highest BCUT2D eigenvalue weighted by atomic mass is 35.5. The lowest BCUT2D eigenvalue weighted by Crippen LogP contribution is -2.54. The summed E-state index contributed by atoms with van der Waals surface area (Å²) in [6, 6.07) is 3.49. The zero-order valence-corrected chi connectivity index (χ0v) is 18.0. The Bertz CT molecular complexity index is 889. The Balaban J connectivity index is 0.00000341. The lowest BCUT2D eigenvalue weighted by atomic mass is 10.0. The van der Waals surface area contributed by atoms with E-state index >= 15 is 0 Å². The predicted octanol–water partition coefficient (Wildman–Crippen LogP) is 1.75. The van der Waals surface area contributed by atoms with Gasteiger partial charge in [0.25, 0.3) is 11.8 Å². The fourth-order valence-corrected chi connectivity index (χ4v) is 3.73. The minimum absolute atomic E-state index is 0. The number of imide groups is 2. The van der Waals surface area contributed by atoms with Crippen molar-refractivity contribution < 1.29 is 24.0 Å². The molecule has 0 bridgehead atoms. The standard InChI is InChI=1S/C21H26N4O5.ClH/c22-11-5-3-1-2-4-6-17(26)23-13-7-8-14-15(12-13)21(30)25(20(14)29)16-9-10-18(27)24-19(16)28;/h7-8,12,16H,1-6,9-11,22H2,(H,23,26)(H,24,27,28);1H. The molecule has 31 heavy (non-hydrogen) atoms. The van der Waals surface area contributed by atoms with Crippen molar-refractivity contribution in [1.82, 2.24) is 10.2 Å². The van der Waals surface area contributed by atoms with Gasteiger partial charge in [0.2, 0.25) is 17.7 Å². The van der Waals surface area contributed by atoms with E-state index in [1.54, 1.807) is 6.07 Å². The molecule has 0 aliphatic carbocycles. The number of benzene rings is 1. The molecule has 1 unspecified atom stereocenters. The van der Waals surface area contributed by atoms with Crippen LogP contribution in [0.1, 0.15) is 72.1 Å². The molecular weight excluding hydrogens is 424 g/mol. The van der Waals surface area contributed by atoms with Crippen molar-refractivity contribution in [1.29, 1.82) is 0 Å². The molecular formula is C21H27ClN4O5. The number of piperidine rings is 1. The average molecular weight is 451 g/mol. The highest BCUT2D eigenvalue weighted by molar-refractivity contribution is 6.23. The Kier molecular flexibility index (Phi) is 8.70. The molecule has 0 aromatic heterocycles. The first-order valence-electron chi connectivity index (χ1n) is 10.3. The molecule has 0 saturated carbocycles. The predicted molar refractivity (Wildman–Crippen MR) is 116 cm³/mol. The number of hydrogen-bond acceptors (Lipinski definition) is 6. The van der Waals surface area contributed by atoms with Crippen LogP contribution in [0, 0.1) is 0 Å². The second-order valence-electron chi connectivity index (χ2n) is 7.56. The molecule has 1 atom stereocenters. The van der Waals surface area contributed by atoms with Gasteiger partial charge in [-0.15, -0.1) is 12.4 Å². The molecule has 5 amide bonds. The highest BCUT2D eigenvalue weighted by Crippen LogP contribution is 2.29. The number of nitrogens with zero attached hydrogens (tertiary/aromatic N) is 1. The van der Waals surface area contributed by atoms with Crippen LogP contribution in [-0.4, -0.2) is 47.0 Å². The van der Waals surface area contributed by atoms with Crippen LogP contribution in [-0.2, 0) is 14.4 Å². The summed E-state index contributed by atoms with van der Waals surface area (Å²) in [5, 5.41) is 4.91. The fourth-order valence-electron chi connectivity index (χ4n) is 3.73. The quantitative estimate of drug-likeness (QED) is 0.387. The van der Waals surface area contributed by atoms with Crippen molar-refractivity contribution in [3.8, 4) is 0 Å². The number of unbranched alkanes of at least 4 members (excludes halogenated alkanes) is 4. The number of hydrogen-bond donors (Lipinski definition) is 3. The van der Waals surface area contributed by atoms with Crippen molar-refractivity contribution in [2.45, 2.75) is 57.4 Å². The second kappa shape index (κ2) is 11.0. The molecule has 168 valence electrons. The molecule has 2 aliphatic rings. The minimum Gasteiger partial charge on any atom is -0.330 e. The van der Waals surface area contributed by atoms with Crippen LogP contribution in [0.3, 0.4) is 0 Å². The van der Waals surface area contributed by atoms with Crippen LogP contribution in [0.5, 0.6) is 0 Å². The summed E-state index contributed by atoms with van der Waals surface area (Å²) in [5.74, 6) is -2.40. The first-order valence-corrected chi connectivity index (χ1v) is 10.3. The fraction of sp³-hybridized carbons (Fsp3) is 0.476. The third-order valence-electron chi connectivity index (χ3n) is 5.33. The van der Waals surface area contributed by atoms with Crippen molar-refractivity contribution in [2.75, 3.05) is 11.9 Å².